The van der Waals surface area contributed by atoms with Crippen LogP contribution in [0.4, 0.5) is 0 Å². The van der Waals surface area contributed by atoms with Crippen molar-refractivity contribution >= 4 is 23.6 Å². The first-order valence-electron chi connectivity index (χ1n) is 8.13. The van der Waals surface area contributed by atoms with E-state index in [1.807, 2.05) is 26.8 Å². The molecule has 6 heteroatoms. The fraction of sp³-hybridized carbons (Fsp3) is 0.647. The first-order chi connectivity index (χ1) is 10.9. The number of rotatable bonds is 2. The average molecular weight is 336 g/mol. The molecule has 3 rings (SSSR count). The van der Waals surface area contributed by atoms with Gasteiger partial charge in [-0.3, -0.25) is 9.59 Å². The van der Waals surface area contributed by atoms with Crippen LogP contribution in [-0.2, 0) is 16.0 Å². The number of amides is 2. The lowest BCUT2D eigenvalue weighted by molar-refractivity contribution is -0.144. The predicted octanol–water partition coefficient (Wildman–Crippen LogP) is 2.72. The molecule has 1 aliphatic heterocycles. The van der Waals surface area contributed by atoms with E-state index in [1.54, 1.807) is 22.9 Å². The number of hydrogen-bond donors (Lipinski definition) is 1. The minimum Gasteiger partial charge on any atom is -0.469 e. The number of carbonyl (C=O) groups excluding carboxylic acids is 2. The molecule has 5 nitrogen and oxygen atoms in total. The predicted molar refractivity (Wildman–Crippen MR) is 89.9 cm³/mol. The Morgan fingerprint density at radius 2 is 2.17 bits per heavy atom. The monoisotopic (exact) mass is 336 g/mol. The normalized spacial score (nSPS) is 24.4. The molecule has 0 saturated carbocycles. The first kappa shape index (κ1) is 16.4. The van der Waals surface area contributed by atoms with Gasteiger partial charge in [0.25, 0.3) is 0 Å². The Morgan fingerprint density at radius 3 is 2.91 bits per heavy atom. The van der Waals surface area contributed by atoms with Crippen LogP contribution in [0.1, 0.15) is 51.0 Å². The summed E-state index contributed by atoms with van der Waals surface area (Å²) in [5.74, 6) is 2.22. The summed E-state index contributed by atoms with van der Waals surface area (Å²) in [6.07, 6.45) is 4.56. The molecule has 1 aromatic heterocycles. The van der Waals surface area contributed by atoms with Crippen molar-refractivity contribution in [3.05, 3.63) is 23.7 Å². The highest BCUT2D eigenvalue weighted by Crippen LogP contribution is 2.32. The molecule has 0 aromatic carbocycles. The Kier molecular flexibility index (Phi) is 4.45. The zero-order chi connectivity index (χ0) is 16.6. The number of carbonyl (C=O) groups is 2. The summed E-state index contributed by atoms with van der Waals surface area (Å²) >= 11 is 1.64. The van der Waals surface area contributed by atoms with E-state index in [-0.39, 0.29) is 23.9 Å². The second-order valence-electron chi connectivity index (χ2n) is 7.29. The summed E-state index contributed by atoms with van der Waals surface area (Å²) in [4.78, 5) is 27.0. The minimum absolute atomic E-state index is 0.00203. The number of thioether (sulfide) groups is 1. The SMILES string of the molecule is CC(C)(C)C(=O)N1CSC[C@H]1C(=O)N[C@@H]1CCCc2occc21. The average Bonchev–Trinajstić information content (AvgIpc) is 3.14. The van der Waals surface area contributed by atoms with Crippen molar-refractivity contribution in [2.75, 3.05) is 11.6 Å². The minimum atomic E-state index is -0.466. The highest BCUT2D eigenvalue weighted by atomic mass is 32.2. The zero-order valence-corrected chi connectivity index (χ0v) is 14.7. The lowest BCUT2D eigenvalue weighted by Gasteiger charge is -2.31. The molecule has 1 N–H and O–H groups in total. The molecule has 2 atom stereocenters. The third kappa shape index (κ3) is 3.27. The second kappa shape index (κ2) is 6.23. The second-order valence-corrected chi connectivity index (χ2v) is 8.29. The molecule has 1 aromatic rings. The van der Waals surface area contributed by atoms with E-state index < -0.39 is 5.41 Å². The summed E-state index contributed by atoms with van der Waals surface area (Å²) in [6, 6.07) is 1.58. The Balaban J connectivity index is 1.70. The highest BCUT2D eigenvalue weighted by Gasteiger charge is 2.39. The molecule has 1 aliphatic carbocycles. The van der Waals surface area contributed by atoms with Gasteiger partial charge in [0.15, 0.2) is 0 Å². The number of nitrogens with zero attached hydrogens (tertiary/aromatic N) is 1. The van der Waals surface area contributed by atoms with Crippen molar-refractivity contribution in [3.63, 3.8) is 0 Å². The molecule has 2 amide bonds. The Bertz CT molecular complexity index is 605. The fourth-order valence-corrected chi connectivity index (χ4v) is 4.35. The lowest BCUT2D eigenvalue weighted by atomic mass is 9.92. The van der Waals surface area contributed by atoms with Gasteiger partial charge in [-0.2, -0.15) is 0 Å². The molecule has 1 saturated heterocycles. The van der Waals surface area contributed by atoms with Gasteiger partial charge in [-0.25, -0.2) is 0 Å². The Labute approximate surface area is 141 Å². The van der Waals surface area contributed by atoms with Crippen molar-refractivity contribution in [2.24, 2.45) is 5.41 Å². The number of furan rings is 1. The molecule has 1 fully saturated rings. The maximum Gasteiger partial charge on any atom is 0.244 e. The molecule has 2 heterocycles. The van der Waals surface area contributed by atoms with E-state index in [9.17, 15) is 9.59 Å². The van der Waals surface area contributed by atoms with Gasteiger partial charge in [-0.1, -0.05) is 20.8 Å². The standard InChI is InChI=1S/C17H24N2O3S/c1-17(2,3)16(21)19-10-23-9-13(19)15(20)18-12-5-4-6-14-11(12)7-8-22-14/h7-8,12-13H,4-6,9-10H2,1-3H3,(H,18,20)/t12-,13+/m1/s1. The summed E-state index contributed by atoms with van der Waals surface area (Å²) in [5.41, 5.74) is 0.621. The van der Waals surface area contributed by atoms with Gasteiger partial charge in [0.1, 0.15) is 11.8 Å². The summed E-state index contributed by atoms with van der Waals surface area (Å²) in [6.45, 7) is 5.69. The summed E-state index contributed by atoms with van der Waals surface area (Å²) in [7, 11) is 0. The maximum atomic E-state index is 12.7. The number of aryl methyl sites for hydroxylation is 1. The van der Waals surface area contributed by atoms with Crippen LogP contribution in [0, 0.1) is 5.41 Å². The van der Waals surface area contributed by atoms with E-state index in [2.05, 4.69) is 5.32 Å². The van der Waals surface area contributed by atoms with E-state index in [0.717, 1.165) is 30.6 Å². The van der Waals surface area contributed by atoms with Crippen LogP contribution in [0.5, 0.6) is 0 Å². The Morgan fingerprint density at radius 1 is 1.39 bits per heavy atom. The molecule has 0 bridgehead atoms. The largest absolute Gasteiger partial charge is 0.469 e. The van der Waals surface area contributed by atoms with Crippen LogP contribution in [-0.4, -0.2) is 34.4 Å². The van der Waals surface area contributed by atoms with Crippen molar-refractivity contribution in [1.82, 2.24) is 10.2 Å². The van der Waals surface area contributed by atoms with Crippen LogP contribution in [0.15, 0.2) is 16.7 Å². The molecule has 0 spiro atoms. The summed E-state index contributed by atoms with van der Waals surface area (Å²) in [5, 5.41) is 3.13. The van der Waals surface area contributed by atoms with Crippen LogP contribution in [0.3, 0.4) is 0 Å². The molecular formula is C17H24N2O3S. The Hall–Kier alpha value is -1.43. The van der Waals surface area contributed by atoms with Gasteiger partial charge in [0.2, 0.25) is 11.8 Å². The highest BCUT2D eigenvalue weighted by molar-refractivity contribution is 7.99. The van der Waals surface area contributed by atoms with E-state index in [4.69, 9.17) is 4.42 Å². The van der Waals surface area contributed by atoms with Crippen LogP contribution < -0.4 is 5.32 Å². The van der Waals surface area contributed by atoms with Crippen LogP contribution >= 0.6 is 11.8 Å². The first-order valence-corrected chi connectivity index (χ1v) is 9.29. The molecule has 0 unspecified atom stereocenters. The van der Waals surface area contributed by atoms with Gasteiger partial charge in [-0.05, 0) is 18.9 Å². The lowest BCUT2D eigenvalue weighted by Crippen LogP contribution is -2.51. The van der Waals surface area contributed by atoms with Crippen molar-refractivity contribution in [2.45, 2.75) is 52.1 Å². The van der Waals surface area contributed by atoms with Crippen molar-refractivity contribution in [1.29, 1.82) is 0 Å². The smallest absolute Gasteiger partial charge is 0.244 e. The molecular weight excluding hydrogens is 312 g/mol. The van der Waals surface area contributed by atoms with Gasteiger partial charge in [0.05, 0.1) is 18.2 Å². The van der Waals surface area contributed by atoms with Gasteiger partial charge >= 0.3 is 0 Å². The van der Waals surface area contributed by atoms with Gasteiger partial charge in [-0.15, -0.1) is 11.8 Å². The zero-order valence-electron chi connectivity index (χ0n) is 13.9. The van der Waals surface area contributed by atoms with E-state index in [0.29, 0.717) is 11.6 Å². The van der Waals surface area contributed by atoms with Crippen LogP contribution in [0.25, 0.3) is 0 Å². The third-order valence-corrected chi connectivity index (χ3v) is 5.47. The van der Waals surface area contributed by atoms with Gasteiger partial charge < -0.3 is 14.6 Å². The van der Waals surface area contributed by atoms with E-state index in [1.165, 1.54) is 0 Å². The molecule has 2 aliphatic rings. The van der Waals surface area contributed by atoms with Crippen LogP contribution in [0.2, 0.25) is 0 Å². The summed E-state index contributed by atoms with van der Waals surface area (Å²) < 4.78 is 5.48. The number of fused-ring (bicyclic) bond motifs is 1. The quantitative estimate of drug-likeness (QED) is 0.902. The van der Waals surface area contributed by atoms with E-state index >= 15 is 0 Å². The number of hydrogen-bond acceptors (Lipinski definition) is 4. The van der Waals surface area contributed by atoms with Crippen molar-refractivity contribution in [3.8, 4) is 0 Å². The molecule has 23 heavy (non-hydrogen) atoms. The fourth-order valence-electron chi connectivity index (χ4n) is 3.20. The van der Waals surface area contributed by atoms with Crippen molar-refractivity contribution < 1.29 is 14.0 Å². The molecule has 0 radical (unpaired) electrons. The maximum absolute atomic E-state index is 12.7. The third-order valence-electron chi connectivity index (χ3n) is 4.46. The number of nitrogens with one attached hydrogen (secondary N) is 1. The van der Waals surface area contributed by atoms with Gasteiger partial charge in [0, 0.05) is 23.2 Å². The topological polar surface area (TPSA) is 62.6 Å². The molecule has 126 valence electrons.